The number of amides is 1. The summed E-state index contributed by atoms with van der Waals surface area (Å²) in [6.45, 7) is 1.71. The minimum atomic E-state index is -0.373. The highest BCUT2D eigenvalue weighted by Crippen LogP contribution is 2.32. The minimum absolute atomic E-state index is 0.0728. The van der Waals surface area contributed by atoms with E-state index in [1.165, 1.54) is 0 Å². The Hall–Kier alpha value is -2.97. The van der Waals surface area contributed by atoms with E-state index < -0.39 is 0 Å². The third-order valence-corrected chi connectivity index (χ3v) is 4.26. The van der Waals surface area contributed by atoms with Crippen molar-refractivity contribution in [1.82, 2.24) is 20.6 Å². The van der Waals surface area contributed by atoms with Crippen molar-refractivity contribution >= 4 is 46.8 Å². The van der Waals surface area contributed by atoms with Gasteiger partial charge in [-0.1, -0.05) is 28.3 Å². The highest BCUT2D eigenvalue weighted by atomic mass is 35.5. The Bertz CT molecular complexity index is 1050. The van der Waals surface area contributed by atoms with Gasteiger partial charge in [0, 0.05) is 10.6 Å². The summed E-state index contributed by atoms with van der Waals surface area (Å²) >= 11 is 12.2. The number of carbonyl (C=O) groups excluding carboxylic acids is 1. The molecule has 1 N–H and O–H groups in total. The molecule has 4 rings (SSSR count). The molecule has 0 spiro atoms. The van der Waals surface area contributed by atoms with Crippen LogP contribution < -0.4 is 5.01 Å². The summed E-state index contributed by atoms with van der Waals surface area (Å²) in [6, 6.07) is 8.59. The van der Waals surface area contributed by atoms with Gasteiger partial charge in [-0.15, -0.1) is 5.10 Å². The number of halogens is 2. The van der Waals surface area contributed by atoms with Crippen molar-refractivity contribution < 1.29 is 9.21 Å². The van der Waals surface area contributed by atoms with E-state index >= 15 is 0 Å². The molecule has 0 fully saturated rings. The van der Waals surface area contributed by atoms with Crippen molar-refractivity contribution in [2.75, 3.05) is 5.01 Å². The predicted molar refractivity (Wildman–Crippen MR) is 96.9 cm³/mol. The summed E-state index contributed by atoms with van der Waals surface area (Å²) in [5.41, 5.74) is 1.55. The molecule has 1 aliphatic rings. The van der Waals surface area contributed by atoms with Crippen molar-refractivity contribution in [2.24, 2.45) is 5.10 Å². The smallest absolute Gasteiger partial charge is 0.293 e. The molecule has 10 heteroatoms. The lowest BCUT2D eigenvalue weighted by Gasteiger charge is -2.04. The number of hydrogen-bond donors (Lipinski definition) is 1. The van der Waals surface area contributed by atoms with Gasteiger partial charge in [-0.25, -0.2) is 0 Å². The van der Waals surface area contributed by atoms with Gasteiger partial charge in [-0.3, -0.25) is 4.79 Å². The largest absolute Gasteiger partial charge is 0.457 e. The highest BCUT2D eigenvalue weighted by molar-refractivity contribution is 6.35. The van der Waals surface area contributed by atoms with Gasteiger partial charge in [0.05, 0.1) is 16.3 Å². The summed E-state index contributed by atoms with van der Waals surface area (Å²) < 4.78 is 5.80. The number of carbonyl (C=O) groups is 1. The van der Waals surface area contributed by atoms with Crippen molar-refractivity contribution in [3.63, 3.8) is 0 Å². The van der Waals surface area contributed by atoms with Crippen LogP contribution in [0.2, 0.25) is 10.0 Å². The van der Waals surface area contributed by atoms with Crippen LogP contribution in [0.15, 0.2) is 45.4 Å². The molecule has 130 valence electrons. The van der Waals surface area contributed by atoms with E-state index in [0.717, 1.165) is 5.01 Å². The first-order chi connectivity index (χ1) is 12.5. The SMILES string of the molecule is CC1=NN(c2nn[nH]n2)C(=O)/C1=C\c1ccc(-c2cc(Cl)ccc2Cl)o1. The van der Waals surface area contributed by atoms with Gasteiger partial charge in [0.25, 0.3) is 11.9 Å². The zero-order valence-corrected chi connectivity index (χ0v) is 14.8. The van der Waals surface area contributed by atoms with Crippen LogP contribution in [0.25, 0.3) is 17.4 Å². The summed E-state index contributed by atoms with van der Waals surface area (Å²) in [7, 11) is 0. The maximum atomic E-state index is 12.5. The molecule has 0 bridgehead atoms. The molecular formula is C16H10Cl2N6O2. The van der Waals surface area contributed by atoms with Crippen LogP contribution in [0.4, 0.5) is 5.95 Å². The average Bonchev–Trinajstić information content (AvgIpc) is 3.34. The summed E-state index contributed by atoms with van der Waals surface area (Å²) in [4.78, 5) is 12.5. The fourth-order valence-corrected chi connectivity index (χ4v) is 2.85. The standard InChI is InChI=1S/C16H10Cl2N6O2/c1-8-11(15(25)24(21-8)16-19-22-23-20-16)7-10-3-5-14(26-10)12-6-9(17)2-4-13(12)18/h2-7H,1H3,(H,19,20,22,23)/b11-7-. The van der Waals surface area contributed by atoms with Gasteiger partial charge >= 0.3 is 0 Å². The van der Waals surface area contributed by atoms with Crippen LogP contribution >= 0.6 is 23.2 Å². The number of nitrogens with zero attached hydrogens (tertiary/aromatic N) is 5. The molecule has 2 aromatic heterocycles. The molecule has 26 heavy (non-hydrogen) atoms. The fourth-order valence-electron chi connectivity index (χ4n) is 2.47. The van der Waals surface area contributed by atoms with Gasteiger partial charge in [0.2, 0.25) is 0 Å². The lowest BCUT2D eigenvalue weighted by Crippen LogP contribution is -2.22. The summed E-state index contributed by atoms with van der Waals surface area (Å²) in [6.07, 6.45) is 1.60. The van der Waals surface area contributed by atoms with Crippen LogP contribution in [-0.4, -0.2) is 32.2 Å². The highest BCUT2D eigenvalue weighted by Gasteiger charge is 2.31. The molecule has 0 aliphatic carbocycles. The molecule has 0 unspecified atom stereocenters. The fraction of sp³-hybridized carbons (Fsp3) is 0.0625. The number of hydrogen-bond acceptors (Lipinski definition) is 6. The van der Waals surface area contributed by atoms with Crippen LogP contribution in [0.5, 0.6) is 0 Å². The Morgan fingerprint density at radius 2 is 2.08 bits per heavy atom. The average molecular weight is 389 g/mol. The molecule has 3 heterocycles. The Morgan fingerprint density at radius 1 is 1.23 bits per heavy atom. The Kier molecular flexibility index (Phi) is 4.06. The molecule has 1 aliphatic heterocycles. The number of furan rings is 1. The summed E-state index contributed by atoms with van der Waals surface area (Å²) in [5.74, 6) is 0.717. The number of aromatic amines is 1. The molecule has 0 atom stereocenters. The second-order valence-electron chi connectivity index (χ2n) is 5.40. The molecule has 0 saturated carbocycles. The zero-order valence-electron chi connectivity index (χ0n) is 13.3. The molecular weight excluding hydrogens is 379 g/mol. The van der Waals surface area contributed by atoms with Gasteiger partial charge in [-0.05, 0) is 48.5 Å². The molecule has 0 radical (unpaired) electrons. The van der Waals surface area contributed by atoms with E-state index in [1.54, 1.807) is 43.3 Å². The molecule has 8 nitrogen and oxygen atoms in total. The normalized spacial score (nSPS) is 15.8. The third-order valence-electron chi connectivity index (χ3n) is 3.69. The second kappa shape index (κ2) is 6.40. The van der Waals surface area contributed by atoms with Crippen LogP contribution in [0, 0.1) is 0 Å². The maximum absolute atomic E-state index is 12.5. The molecule has 0 saturated heterocycles. The number of anilines is 1. The Morgan fingerprint density at radius 3 is 2.85 bits per heavy atom. The lowest BCUT2D eigenvalue weighted by molar-refractivity contribution is -0.114. The lowest BCUT2D eigenvalue weighted by atomic mass is 10.1. The third kappa shape index (κ3) is 2.89. The Balaban J connectivity index is 1.66. The molecule has 1 amide bonds. The predicted octanol–water partition coefficient (Wildman–Crippen LogP) is 3.57. The van der Waals surface area contributed by atoms with Crippen LogP contribution in [-0.2, 0) is 4.79 Å². The zero-order chi connectivity index (χ0) is 18.3. The van der Waals surface area contributed by atoms with Crippen molar-refractivity contribution in [1.29, 1.82) is 0 Å². The molecule has 1 aromatic carbocycles. The first-order valence-corrected chi connectivity index (χ1v) is 8.19. The second-order valence-corrected chi connectivity index (χ2v) is 6.24. The van der Waals surface area contributed by atoms with Gasteiger partial charge < -0.3 is 4.42 Å². The number of rotatable bonds is 3. The van der Waals surface area contributed by atoms with E-state index in [-0.39, 0.29) is 11.9 Å². The van der Waals surface area contributed by atoms with Gasteiger partial charge in [-0.2, -0.15) is 15.3 Å². The number of hydrazone groups is 1. The monoisotopic (exact) mass is 388 g/mol. The van der Waals surface area contributed by atoms with E-state index in [1.807, 2.05) is 0 Å². The first-order valence-electron chi connectivity index (χ1n) is 7.43. The quantitative estimate of drug-likeness (QED) is 0.691. The number of tetrazole rings is 1. The number of benzene rings is 1. The van der Waals surface area contributed by atoms with E-state index in [4.69, 9.17) is 27.6 Å². The number of aromatic nitrogens is 4. The van der Waals surface area contributed by atoms with E-state index in [2.05, 4.69) is 25.7 Å². The van der Waals surface area contributed by atoms with Crippen LogP contribution in [0.1, 0.15) is 12.7 Å². The number of H-pyrrole nitrogens is 1. The number of nitrogens with one attached hydrogen (secondary N) is 1. The van der Waals surface area contributed by atoms with E-state index in [9.17, 15) is 4.79 Å². The Labute approximate surface area is 157 Å². The van der Waals surface area contributed by atoms with Crippen molar-refractivity contribution in [3.05, 3.63) is 51.7 Å². The van der Waals surface area contributed by atoms with Crippen molar-refractivity contribution in [3.8, 4) is 11.3 Å². The summed E-state index contributed by atoms with van der Waals surface area (Å²) in [5, 5.41) is 19.5. The van der Waals surface area contributed by atoms with E-state index in [0.29, 0.717) is 38.4 Å². The van der Waals surface area contributed by atoms with Crippen molar-refractivity contribution in [2.45, 2.75) is 6.92 Å². The van der Waals surface area contributed by atoms with Crippen LogP contribution in [0.3, 0.4) is 0 Å². The first kappa shape index (κ1) is 16.5. The van der Waals surface area contributed by atoms with Gasteiger partial charge in [0.15, 0.2) is 0 Å². The molecule has 3 aromatic rings. The van der Waals surface area contributed by atoms with Gasteiger partial charge in [0.1, 0.15) is 11.5 Å². The topological polar surface area (TPSA) is 100 Å². The minimum Gasteiger partial charge on any atom is -0.457 e. The maximum Gasteiger partial charge on any atom is 0.293 e.